The lowest BCUT2D eigenvalue weighted by atomic mass is 9.88. The summed E-state index contributed by atoms with van der Waals surface area (Å²) in [4.78, 5) is 7.28. The van der Waals surface area contributed by atoms with Gasteiger partial charge in [-0.2, -0.15) is 0 Å². The molecule has 1 aliphatic carbocycles. The minimum Gasteiger partial charge on any atom is -0.264 e. The summed E-state index contributed by atoms with van der Waals surface area (Å²) in [5.41, 5.74) is 5.49. The molecule has 0 atom stereocenters. The summed E-state index contributed by atoms with van der Waals surface area (Å²) >= 11 is 1.90. The van der Waals surface area contributed by atoms with Crippen molar-refractivity contribution in [3.63, 3.8) is 0 Å². The van der Waals surface area contributed by atoms with E-state index < -0.39 is 0 Å². The van der Waals surface area contributed by atoms with E-state index in [0.29, 0.717) is 0 Å². The summed E-state index contributed by atoms with van der Waals surface area (Å²) in [6.07, 6.45) is 6.30. The van der Waals surface area contributed by atoms with Gasteiger partial charge in [0, 0.05) is 27.6 Å². The average Bonchev–Trinajstić information content (AvgIpc) is 3.46. The van der Waals surface area contributed by atoms with Gasteiger partial charge in [-0.25, -0.2) is 0 Å². The molecule has 0 saturated carbocycles. The maximum atomic E-state index is 4.67. The van der Waals surface area contributed by atoms with Crippen LogP contribution in [0.1, 0.15) is 11.1 Å². The number of hydrogen-bond donors (Lipinski definition) is 0. The minimum atomic E-state index is 1.15. The normalized spacial score (nSPS) is 12.8. The maximum Gasteiger partial charge on any atom is 0.0353 e. The summed E-state index contributed by atoms with van der Waals surface area (Å²) in [5.74, 6) is 0. The molecule has 0 aliphatic heterocycles. The summed E-state index contributed by atoms with van der Waals surface area (Å²) in [5, 5.41) is 12.9. The highest BCUT2D eigenvalue weighted by Crippen LogP contribution is 2.48. The van der Waals surface area contributed by atoms with Gasteiger partial charge in [0.05, 0.1) is 0 Å². The van der Waals surface area contributed by atoms with Gasteiger partial charge in [-0.05, 0) is 102 Å². The van der Waals surface area contributed by atoms with E-state index in [0.717, 1.165) is 12.8 Å². The quantitative estimate of drug-likeness (QED) is 0.164. The van der Waals surface area contributed by atoms with E-state index in [2.05, 4.69) is 126 Å². The van der Waals surface area contributed by atoms with Crippen LogP contribution in [0.2, 0.25) is 0 Å². The lowest BCUT2D eigenvalue weighted by Crippen LogP contribution is -1.92. The van der Waals surface area contributed by atoms with Crippen molar-refractivity contribution >= 4 is 65.6 Å². The first kappa shape index (κ1) is 23.1. The molecule has 192 valence electrons. The van der Waals surface area contributed by atoms with E-state index in [-0.39, 0.29) is 0 Å². The zero-order valence-corrected chi connectivity index (χ0v) is 23.2. The predicted octanol–water partition coefficient (Wildman–Crippen LogP) is 10.8. The summed E-state index contributed by atoms with van der Waals surface area (Å²) in [6.45, 7) is 0. The van der Waals surface area contributed by atoms with Crippen molar-refractivity contribution in [3.05, 3.63) is 139 Å². The molecular formula is C39H25NS. The molecule has 8 aromatic rings. The first-order chi connectivity index (χ1) is 20.3. The third-order valence-corrected chi connectivity index (χ3v) is 10.1. The van der Waals surface area contributed by atoms with Crippen LogP contribution >= 0.6 is 11.8 Å². The summed E-state index contributed by atoms with van der Waals surface area (Å²) in [7, 11) is 0. The fraction of sp³-hybridized carbons (Fsp3) is 0.0513. The van der Waals surface area contributed by atoms with Crippen molar-refractivity contribution in [2.45, 2.75) is 22.6 Å². The first-order valence-electron chi connectivity index (χ1n) is 14.3. The van der Waals surface area contributed by atoms with E-state index in [1.807, 2.05) is 18.0 Å². The fourth-order valence-electron chi connectivity index (χ4n) is 7.06. The molecule has 0 unspecified atom stereocenters. The zero-order valence-electron chi connectivity index (χ0n) is 22.4. The van der Waals surface area contributed by atoms with Crippen LogP contribution < -0.4 is 0 Å². The number of fused-ring (bicyclic) bond motifs is 5. The molecule has 1 heterocycles. The second kappa shape index (κ2) is 8.92. The van der Waals surface area contributed by atoms with Crippen LogP contribution in [0, 0.1) is 0 Å². The number of nitrogens with zero attached hydrogens (tertiary/aromatic N) is 1. The molecule has 1 nitrogen and oxygen atoms in total. The van der Waals surface area contributed by atoms with Gasteiger partial charge >= 0.3 is 0 Å². The van der Waals surface area contributed by atoms with Gasteiger partial charge in [0.15, 0.2) is 0 Å². The van der Waals surface area contributed by atoms with Gasteiger partial charge < -0.3 is 0 Å². The van der Waals surface area contributed by atoms with Crippen molar-refractivity contribution in [1.29, 1.82) is 0 Å². The standard InChI is InChI=1S/C39H25NS/c1-2-10-27-26(8-1)22-34(29-12-4-3-11-28(27)29)38-30-13-5-6-14-31(30)39(32-20-21-40-23-35(32)38)41-36-19-18-25-17-16-24-9-7-15-33(36)37(24)25/h1-15,18-23H,16-17H2. The minimum absolute atomic E-state index is 1.15. The van der Waals surface area contributed by atoms with Gasteiger partial charge in [-0.15, -0.1) is 0 Å². The third kappa shape index (κ3) is 3.41. The number of pyridine rings is 1. The van der Waals surface area contributed by atoms with Crippen LogP contribution in [0.3, 0.4) is 0 Å². The Morgan fingerprint density at radius 1 is 0.512 bits per heavy atom. The number of aromatic nitrogens is 1. The molecule has 0 saturated heterocycles. The lowest BCUT2D eigenvalue weighted by molar-refractivity contribution is 1.02. The van der Waals surface area contributed by atoms with E-state index >= 15 is 0 Å². The number of rotatable bonds is 3. The lowest BCUT2D eigenvalue weighted by Gasteiger charge is -2.19. The van der Waals surface area contributed by atoms with Crippen LogP contribution in [0.15, 0.2) is 137 Å². The van der Waals surface area contributed by atoms with Gasteiger partial charge in [0.25, 0.3) is 0 Å². The molecule has 41 heavy (non-hydrogen) atoms. The van der Waals surface area contributed by atoms with Gasteiger partial charge in [-0.1, -0.05) is 109 Å². The Morgan fingerprint density at radius 3 is 2.07 bits per heavy atom. The second-order valence-corrected chi connectivity index (χ2v) is 12.1. The number of hydrogen-bond acceptors (Lipinski definition) is 2. The molecule has 0 bridgehead atoms. The molecule has 0 spiro atoms. The van der Waals surface area contributed by atoms with E-state index in [1.165, 1.54) is 85.9 Å². The number of aryl methyl sites for hydroxylation is 2. The zero-order chi connectivity index (χ0) is 26.9. The Balaban J connectivity index is 1.38. The van der Waals surface area contributed by atoms with Gasteiger partial charge in [0.2, 0.25) is 0 Å². The largest absolute Gasteiger partial charge is 0.264 e. The molecular weight excluding hydrogens is 515 g/mol. The summed E-state index contributed by atoms with van der Waals surface area (Å²) in [6, 6.07) is 42.6. The van der Waals surface area contributed by atoms with Crippen molar-refractivity contribution in [2.75, 3.05) is 0 Å². The average molecular weight is 540 g/mol. The van der Waals surface area contributed by atoms with Crippen LogP contribution in [0.5, 0.6) is 0 Å². The monoisotopic (exact) mass is 539 g/mol. The maximum absolute atomic E-state index is 4.67. The Kier molecular flexibility index (Phi) is 5.02. The molecule has 1 aromatic heterocycles. The van der Waals surface area contributed by atoms with E-state index in [4.69, 9.17) is 0 Å². The van der Waals surface area contributed by atoms with Crippen LogP contribution in [-0.4, -0.2) is 4.98 Å². The van der Waals surface area contributed by atoms with Crippen LogP contribution in [0.4, 0.5) is 0 Å². The molecule has 0 radical (unpaired) electrons. The van der Waals surface area contributed by atoms with Gasteiger partial charge in [-0.3, -0.25) is 4.98 Å². The highest BCUT2D eigenvalue weighted by atomic mass is 32.2. The summed E-state index contributed by atoms with van der Waals surface area (Å²) < 4.78 is 0. The highest BCUT2D eigenvalue weighted by molar-refractivity contribution is 8.00. The molecule has 0 N–H and O–H groups in total. The molecule has 0 amide bonds. The third-order valence-electron chi connectivity index (χ3n) is 8.86. The Labute approximate surface area is 242 Å². The molecule has 2 heteroatoms. The Hall–Kier alpha value is -4.66. The molecule has 0 fully saturated rings. The topological polar surface area (TPSA) is 12.9 Å². The SMILES string of the molecule is c1ccc2c(c1)cc(-c1c3ccccc3c(Sc3ccc4c5c(cccc35)CC4)c3ccncc13)c1ccccc12. The smallest absolute Gasteiger partial charge is 0.0353 e. The fourth-order valence-corrected chi connectivity index (χ4v) is 8.27. The second-order valence-electron chi connectivity index (χ2n) is 11.0. The van der Waals surface area contributed by atoms with Gasteiger partial charge in [0.1, 0.15) is 0 Å². The first-order valence-corrected chi connectivity index (χ1v) is 15.1. The molecule has 1 aliphatic rings. The van der Waals surface area contributed by atoms with Crippen LogP contribution in [0.25, 0.3) is 65.0 Å². The van der Waals surface area contributed by atoms with Crippen molar-refractivity contribution < 1.29 is 0 Å². The van der Waals surface area contributed by atoms with Crippen molar-refractivity contribution in [2.24, 2.45) is 0 Å². The Morgan fingerprint density at radius 2 is 1.20 bits per heavy atom. The highest BCUT2D eigenvalue weighted by Gasteiger charge is 2.21. The Bertz CT molecular complexity index is 2280. The molecule has 9 rings (SSSR count). The van der Waals surface area contributed by atoms with Crippen molar-refractivity contribution in [3.8, 4) is 11.1 Å². The van der Waals surface area contributed by atoms with E-state index in [9.17, 15) is 0 Å². The predicted molar refractivity (Wildman–Crippen MR) is 175 cm³/mol. The van der Waals surface area contributed by atoms with Crippen LogP contribution in [-0.2, 0) is 12.8 Å². The van der Waals surface area contributed by atoms with Crippen molar-refractivity contribution in [1.82, 2.24) is 4.98 Å². The van der Waals surface area contributed by atoms with E-state index in [1.54, 1.807) is 0 Å². The number of benzene rings is 7. The molecule has 7 aromatic carbocycles.